The Bertz CT molecular complexity index is 115. The van der Waals surface area contributed by atoms with Gasteiger partial charge in [-0.05, 0) is 0 Å². The molecule has 0 unspecified atom stereocenters. The number of hydrogen-bond acceptors (Lipinski definition) is 3. The summed E-state index contributed by atoms with van der Waals surface area (Å²) in [6, 6.07) is 0. The Morgan fingerprint density at radius 1 is 0.571 bits per heavy atom. The molecule has 0 aromatic carbocycles. The molecule has 2 N–H and O–H groups in total. The Morgan fingerprint density at radius 3 is 0.857 bits per heavy atom. The molecule has 0 aromatic heterocycles. The third-order valence-corrected chi connectivity index (χ3v) is 0.571. The second-order valence-corrected chi connectivity index (χ2v) is 1.56. The number of ether oxygens (including phenoxy) is 1. The van der Waals surface area contributed by atoms with Crippen molar-refractivity contribution < 1.29 is 14.9 Å². The summed E-state index contributed by atoms with van der Waals surface area (Å²) in [7, 11) is 0. The quantitative estimate of drug-likeness (QED) is 0.586. The average molecular weight is 300 g/mol. The molecule has 0 atom stereocenters. The van der Waals surface area contributed by atoms with Gasteiger partial charge in [-0.1, -0.05) is 12.2 Å². The monoisotopic (exact) mass is 300 g/mol. The standard InChI is InChI=1S/C6H10O.C2H6O2.5C2H4/c1-3-5-7-6-4-2;3-1-2-4;5*1-2/h3-4H,1-2,5-6H2;3-4H,1-2H2;5*1-2H2. The van der Waals surface area contributed by atoms with E-state index in [4.69, 9.17) is 14.9 Å². The van der Waals surface area contributed by atoms with Crippen molar-refractivity contribution in [3.8, 4) is 0 Å². The normalized spacial score (nSPS) is 5.05. The molecule has 0 fully saturated rings. The van der Waals surface area contributed by atoms with Crippen LogP contribution in [-0.4, -0.2) is 36.6 Å². The number of aliphatic hydroxyl groups is 2. The summed E-state index contributed by atoms with van der Waals surface area (Å²) in [4.78, 5) is 0. The van der Waals surface area contributed by atoms with Crippen LogP contribution in [0.5, 0.6) is 0 Å². The van der Waals surface area contributed by atoms with Gasteiger partial charge in [-0.25, -0.2) is 0 Å². The molecule has 0 aliphatic heterocycles. The number of hydrogen-bond donors (Lipinski definition) is 2. The second-order valence-electron chi connectivity index (χ2n) is 1.56. The summed E-state index contributed by atoms with van der Waals surface area (Å²) < 4.78 is 4.90. The van der Waals surface area contributed by atoms with E-state index in [1.54, 1.807) is 12.2 Å². The maximum absolute atomic E-state index is 7.62. The van der Waals surface area contributed by atoms with Crippen LogP contribution in [-0.2, 0) is 4.74 Å². The van der Waals surface area contributed by atoms with Crippen LogP contribution in [0.15, 0.2) is 91.1 Å². The van der Waals surface area contributed by atoms with Crippen LogP contribution in [0, 0.1) is 0 Å². The van der Waals surface area contributed by atoms with Gasteiger partial charge >= 0.3 is 0 Å². The van der Waals surface area contributed by atoms with E-state index in [1.165, 1.54) is 0 Å². The fraction of sp³-hybridized carbons (Fsp3) is 0.222. The van der Waals surface area contributed by atoms with Crippen LogP contribution in [0.1, 0.15) is 0 Å². The molecule has 0 heterocycles. The van der Waals surface area contributed by atoms with Crippen LogP contribution in [0.4, 0.5) is 0 Å². The molecule has 0 aromatic rings. The van der Waals surface area contributed by atoms with Crippen molar-refractivity contribution in [3.05, 3.63) is 91.1 Å². The highest BCUT2D eigenvalue weighted by Gasteiger charge is 1.70. The zero-order chi connectivity index (χ0) is 18.9. The SMILES string of the molecule is C=C.C=C.C=C.C=C.C=C.C=CCOCC=C.OCCO. The van der Waals surface area contributed by atoms with Gasteiger partial charge in [-0.3, -0.25) is 0 Å². The van der Waals surface area contributed by atoms with Gasteiger partial charge in [-0.2, -0.15) is 0 Å². The first-order valence-corrected chi connectivity index (χ1v) is 5.84. The van der Waals surface area contributed by atoms with Gasteiger partial charge in [-0.15, -0.1) is 78.9 Å². The minimum Gasteiger partial charge on any atom is -0.394 e. The predicted molar refractivity (Wildman–Crippen MR) is 102 cm³/mol. The Kier molecular flexibility index (Phi) is 418. The molecule has 0 aliphatic rings. The summed E-state index contributed by atoms with van der Waals surface area (Å²) in [5.74, 6) is 0. The minimum atomic E-state index is -0.125. The largest absolute Gasteiger partial charge is 0.394 e. The van der Waals surface area contributed by atoms with E-state index >= 15 is 0 Å². The third-order valence-electron chi connectivity index (χ3n) is 0.571. The summed E-state index contributed by atoms with van der Waals surface area (Å²) in [6.45, 7) is 37.9. The van der Waals surface area contributed by atoms with Crippen LogP contribution in [0.2, 0.25) is 0 Å². The van der Waals surface area contributed by atoms with Gasteiger partial charge < -0.3 is 14.9 Å². The maximum atomic E-state index is 7.62. The van der Waals surface area contributed by atoms with Gasteiger partial charge in [0.1, 0.15) is 0 Å². The molecule has 0 saturated carbocycles. The first kappa shape index (κ1) is 42.7. The Morgan fingerprint density at radius 2 is 0.762 bits per heavy atom. The van der Waals surface area contributed by atoms with Gasteiger partial charge in [0.05, 0.1) is 26.4 Å². The van der Waals surface area contributed by atoms with Gasteiger partial charge in [0.2, 0.25) is 0 Å². The Balaban J connectivity index is -0.0000000243. The first-order chi connectivity index (χ1) is 10.3. The molecule has 126 valence electrons. The van der Waals surface area contributed by atoms with Gasteiger partial charge in [0.25, 0.3) is 0 Å². The molecule has 21 heavy (non-hydrogen) atoms. The molecule has 0 saturated heterocycles. The Labute approximate surface area is 133 Å². The average Bonchev–Trinajstić information content (AvgIpc) is 2.64. The van der Waals surface area contributed by atoms with Gasteiger partial charge in [0, 0.05) is 0 Å². The van der Waals surface area contributed by atoms with E-state index in [-0.39, 0.29) is 13.2 Å². The number of aliphatic hydroxyl groups excluding tert-OH is 2. The van der Waals surface area contributed by atoms with Crippen molar-refractivity contribution >= 4 is 0 Å². The fourth-order valence-corrected chi connectivity index (χ4v) is 0.235. The topological polar surface area (TPSA) is 49.7 Å². The smallest absolute Gasteiger partial charge is 0.0662 e. The molecule has 0 amide bonds. The molecule has 0 aliphatic carbocycles. The summed E-state index contributed by atoms with van der Waals surface area (Å²) in [5, 5.41) is 15.2. The van der Waals surface area contributed by atoms with Gasteiger partial charge in [0.15, 0.2) is 0 Å². The van der Waals surface area contributed by atoms with E-state index in [1.807, 2.05) is 0 Å². The van der Waals surface area contributed by atoms with Crippen LogP contribution < -0.4 is 0 Å². The van der Waals surface area contributed by atoms with E-state index in [9.17, 15) is 0 Å². The minimum absolute atomic E-state index is 0.125. The highest BCUT2D eigenvalue weighted by molar-refractivity contribution is 4.68. The molecule has 0 rings (SSSR count). The molecule has 0 radical (unpaired) electrons. The van der Waals surface area contributed by atoms with E-state index in [0.29, 0.717) is 13.2 Å². The summed E-state index contributed by atoms with van der Waals surface area (Å²) in [6.07, 6.45) is 3.42. The highest BCUT2D eigenvalue weighted by Crippen LogP contribution is 1.72. The third kappa shape index (κ3) is 497. The van der Waals surface area contributed by atoms with Crippen LogP contribution >= 0.6 is 0 Å². The zero-order valence-electron chi connectivity index (χ0n) is 13.8. The summed E-state index contributed by atoms with van der Waals surface area (Å²) >= 11 is 0. The van der Waals surface area contributed by atoms with E-state index < -0.39 is 0 Å². The van der Waals surface area contributed by atoms with E-state index in [2.05, 4.69) is 78.9 Å². The van der Waals surface area contributed by atoms with Crippen molar-refractivity contribution in [1.82, 2.24) is 0 Å². The Hall–Kier alpha value is -1.94. The highest BCUT2D eigenvalue weighted by atomic mass is 16.5. The first-order valence-electron chi connectivity index (χ1n) is 5.84. The lowest BCUT2D eigenvalue weighted by atomic mass is 10.6. The lowest BCUT2D eigenvalue weighted by Crippen LogP contribution is -1.87. The molecule has 3 nitrogen and oxygen atoms in total. The van der Waals surface area contributed by atoms with Crippen LogP contribution in [0.3, 0.4) is 0 Å². The van der Waals surface area contributed by atoms with Crippen molar-refractivity contribution in [1.29, 1.82) is 0 Å². The number of rotatable bonds is 5. The lowest BCUT2D eigenvalue weighted by molar-refractivity contribution is 0.186. The van der Waals surface area contributed by atoms with Crippen molar-refractivity contribution in [2.45, 2.75) is 0 Å². The zero-order valence-corrected chi connectivity index (χ0v) is 13.8. The predicted octanol–water partition coefficient (Wildman–Crippen LogP) is 4.36. The molecule has 0 spiro atoms. The lowest BCUT2D eigenvalue weighted by Gasteiger charge is -1.89. The van der Waals surface area contributed by atoms with E-state index in [0.717, 1.165) is 0 Å². The van der Waals surface area contributed by atoms with Crippen molar-refractivity contribution in [3.63, 3.8) is 0 Å². The second kappa shape index (κ2) is 205. The van der Waals surface area contributed by atoms with Crippen LogP contribution in [0.25, 0.3) is 0 Å². The molecule has 3 heteroatoms. The molecule has 0 bridgehead atoms. The fourth-order valence-electron chi connectivity index (χ4n) is 0.235. The van der Waals surface area contributed by atoms with Crippen molar-refractivity contribution in [2.75, 3.05) is 26.4 Å². The summed E-state index contributed by atoms with van der Waals surface area (Å²) in [5.41, 5.74) is 0. The maximum Gasteiger partial charge on any atom is 0.0662 e. The molecular formula is C18H36O3. The molecular weight excluding hydrogens is 264 g/mol. The van der Waals surface area contributed by atoms with Crippen molar-refractivity contribution in [2.24, 2.45) is 0 Å².